The van der Waals surface area contributed by atoms with Crippen molar-refractivity contribution < 1.29 is 18.7 Å². The molecular formula is C30H39FN2O3. The molecule has 1 spiro atoms. The highest BCUT2D eigenvalue weighted by Gasteiger charge is 2.51. The third kappa shape index (κ3) is 5.69. The Kier molecular flexibility index (Phi) is 6.99. The van der Waals surface area contributed by atoms with E-state index in [0.717, 1.165) is 62.3 Å². The summed E-state index contributed by atoms with van der Waals surface area (Å²) >= 11 is 0. The zero-order valence-corrected chi connectivity index (χ0v) is 21.8. The lowest BCUT2D eigenvalue weighted by Crippen LogP contribution is -2.58. The van der Waals surface area contributed by atoms with Crippen molar-refractivity contribution in [3.63, 3.8) is 0 Å². The maximum Gasteiger partial charge on any atom is 0.410 e. The summed E-state index contributed by atoms with van der Waals surface area (Å²) in [4.78, 5) is 16.9. The molecule has 3 fully saturated rings. The standard InChI is InChI=1S/C30H39FN2O3/c1-29(2,3)36-28(34)33-20-30(21-33)14-11-25(18-30)32-15-12-23(13-16-32)26-17-24(31)9-10-27(26)35-19-22-7-5-4-6-8-22/h4-10,17,23,25H,11-16,18-21H2,1-3H3/t25-/m1/s1. The molecule has 0 aromatic heterocycles. The Morgan fingerprint density at radius 1 is 1.06 bits per heavy atom. The van der Waals surface area contributed by atoms with Gasteiger partial charge in [-0.15, -0.1) is 0 Å². The molecular weight excluding hydrogens is 455 g/mol. The summed E-state index contributed by atoms with van der Waals surface area (Å²) in [5.41, 5.74) is 1.93. The molecule has 2 saturated heterocycles. The van der Waals surface area contributed by atoms with Crippen LogP contribution in [0.4, 0.5) is 9.18 Å². The first kappa shape index (κ1) is 25.1. The van der Waals surface area contributed by atoms with Gasteiger partial charge in [0.25, 0.3) is 0 Å². The van der Waals surface area contributed by atoms with Gasteiger partial charge in [-0.1, -0.05) is 30.3 Å². The quantitative estimate of drug-likeness (QED) is 0.484. The number of nitrogens with zero attached hydrogens (tertiary/aromatic N) is 2. The lowest BCUT2D eigenvalue weighted by atomic mass is 9.78. The lowest BCUT2D eigenvalue weighted by molar-refractivity contribution is -0.0347. The van der Waals surface area contributed by atoms with Crippen molar-refractivity contribution in [1.29, 1.82) is 0 Å². The van der Waals surface area contributed by atoms with Crippen LogP contribution in [0.25, 0.3) is 0 Å². The third-order valence-corrected chi connectivity index (χ3v) is 8.08. The Bertz CT molecular complexity index is 1050. The van der Waals surface area contributed by atoms with Gasteiger partial charge < -0.3 is 19.3 Å². The van der Waals surface area contributed by atoms with Gasteiger partial charge in [0.05, 0.1) is 0 Å². The van der Waals surface area contributed by atoms with E-state index in [1.807, 2.05) is 56.0 Å². The Hall–Kier alpha value is -2.60. The van der Waals surface area contributed by atoms with E-state index in [1.54, 1.807) is 12.1 Å². The van der Waals surface area contributed by atoms with Crippen molar-refractivity contribution in [2.45, 2.75) is 77.0 Å². The SMILES string of the molecule is CC(C)(C)OC(=O)N1CC2(CC[C@@H](N3CCC(c4cc(F)ccc4OCc4ccccc4)CC3)C2)C1. The van der Waals surface area contributed by atoms with E-state index in [-0.39, 0.29) is 17.3 Å². The van der Waals surface area contributed by atoms with Crippen molar-refractivity contribution >= 4 is 6.09 Å². The summed E-state index contributed by atoms with van der Waals surface area (Å²) in [6, 6.07) is 15.6. The molecule has 0 unspecified atom stereocenters. The number of likely N-dealkylation sites (tertiary alicyclic amines) is 2. The second kappa shape index (κ2) is 10.0. The number of carbonyl (C=O) groups excluding carboxylic acids is 1. The highest BCUT2D eigenvalue weighted by Crippen LogP contribution is 2.48. The van der Waals surface area contributed by atoms with E-state index in [9.17, 15) is 9.18 Å². The van der Waals surface area contributed by atoms with E-state index >= 15 is 0 Å². The minimum atomic E-state index is -0.448. The lowest BCUT2D eigenvalue weighted by Gasteiger charge is -2.48. The fourth-order valence-corrected chi connectivity index (χ4v) is 6.28. The number of piperidine rings is 1. The van der Waals surface area contributed by atoms with Crippen molar-refractivity contribution in [2.24, 2.45) is 5.41 Å². The predicted octanol–water partition coefficient (Wildman–Crippen LogP) is 6.37. The van der Waals surface area contributed by atoms with E-state index in [2.05, 4.69) is 4.90 Å². The predicted molar refractivity (Wildman–Crippen MR) is 139 cm³/mol. The summed E-state index contributed by atoms with van der Waals surface area (Å²) in [5.74, 6) is 0.913. The van der Waals surface area contributed by atoms with Crippen LogP contribution >= 0.6 is 0 Å². The summed E-state index contributed by atoms with van der Waals surface area (Å²) in [6.45, 7) is 9.92. The minimum absolute atomic E-state index is 0.183. The molecule has 1 aliphatic carbocycles. The van der Waals surface area contributed by atoms with Crippen LogP contribution in [-0.2, 0) is 11.3 Å². The summed E-state index contributed by atoms with van der Waals surface area (Å²) in [7, 11) is 0. The number of halogens is 1. The van der Waals surface area contributed by atoms with Gasteiger partial charge in [-0.3, -0.25) is 0 Å². The summed E-state index contributed by atoms with van der Waals surface area (Å²) in [5, 5.41) is 0. The first-order chi connectivity index (χ1) is 17.2. The van der Waals surface area contributed by atoms with Crippen LogP contribution in [0.3, 0.4) is 0 Å². The van der Waals surface area contributed by atoms with Gasteiger partial charge in [0.15, 0.2) is 0 Å². The van der Waals surface area contributed by atoms with E-state index in [0.29, 0.717) is 18.6 Å². The van der Waals surface area contributed by atoms with Gasteiger partial charge in [0, 0.05) is 30.1 Å². The smallest absolute Gasteiger partial charge is 0.410 e. The molecule has 1 atom stereocenters. The molecule has 5 nitrogen and oxygen atoms in total. The molecule has 2 heterocycles. The number of hydrogen-bond donors (Lipinski definition) is 0. The molecule has 0 radical (unpaired) electrons. The zero-order chi connectivity index (χ0) is 25.3. The molecule has 0 bridgehead atoms. The van der Waals surface area contributed by atoms with Crippen LogP contribution < -0.4 is 4.74 Å². The molecule has 2 aromatic carbocycles. The van der Waals surface area contributed by atoms with Crippen LogP contribution in [0.15, 0.2) is 48.5 Å². The Balaban J connectivity index is 1.14. The van der Waals surface area contributed by atoms with Crippen LogP contribution in [0, 0.1) is 11.2 Å². The third-order valence-electron chi connectivity index (χ3n) is 8.08. The fourth-order valence-electron chi connectivity index (χ4n) is 6.28. The monoisotopic (exact) mass is 494 g/mol. The molecule has 2 aromatic rings. The zero-order valence-electron chi connectivity index (χ0n) is 21.8. The van der Waals surface area contributed by atoms with Crippen LogP contribution in [0.2, 0.25) is 0 Å². The van der Waals surface area contributed by atoms with Gasteiger partial charge in [-0.25, -0.2) is 9.18 Å². The summed E-state index contributed by atoms with van der Waals surface area (Å²) in [6.07, 6.45) is 5.37. The molecule has 3 aliphatic rings. The number of amides is 1. The highest BCUT2D eigenvalue weighted by atomic mass is 19.1. The van der Waals surface area contributed by atoms with Crippen LogP contribution in [-0.4, -0.2) is 53.7 Å². The number of ether oxygens (including phenoxy) is 2. The van der Waals surface area contributed by atoms with Crippen molar-refractivity contribution in [3.8, 4) is 5.75 Å². The number of hydrogen-bond acceptors (Lipinski definition) is 4. The molecule has 1 amide bonds. The number of benzene rings is 2. The Morgan fingerprint density at radius 3 is 2.47 bits per heavy atom. The average molecular weight is 495 g/mol. The van der Waals surface area contributed by atoms with Gasteiger partial charge in [-0.05, 0) is 95.6 Å². The Morgan fingerprint density at radius 2 is 1.78 bits per heavy atom. The first-order valence-corrected chi connectivity index (χ1v) is 13.4. The van der Waals surface area contributed by atoms with Crippen molar-refractivity contribution in [1.82, 2.24) is 9.80 Å². The van der Waals surface area contributed by atoms with E-state index in [1.165, 1.54) is 18.9 Å². The number of rotatable bonds is 5. The maximum absolute atomic E-state index is 14.2. The molecule has 36 heavy (non-hydrogen) atoms. The van der Waals surface area contributed by atoms with Gasteiger partial charge in [0.2, 0.25) is 0 Å². The fraction of sp³-hybridized carbons (Fsp3) is 0.567. The van der Waals surface area contributed by atoms with Crippen LogP contribution in [0.1, 0.15) is 69.9 Å². The van der Waals surface area contributed by atoms with Gasteiger partial charge in [-0.2, -0.15) is 0 Å². The topological polar surface area (TPSA) is 42.0 Å². The normalized spacial score (nSPS) is 22.4. The maximum atomic E-state index is 14.2. The highest BCUT2D eigenvalue weighted by molar-refractivity contribution is 5.69. The van der Waals surface area contributed by atoms with E-state index in [4.69, 9.17) is 9.47 Å². The van der Waals surface area contributed by atoms with Crippen molar-refractivity contribution in [3.05, 3.63) is 65.5 Å². The molecule has 6 heteroatoms. The van der Waals surface area contributed by atoms with Gasteiger partial charge >= 0.3 is 6.09 Å². The van der Waals surface area contributed by atoms with Crippen LogP contribution in [0.5, 0.6) is 5.75 Å². The minimum Gasteiger partial charge on any atom is -0.489 e. The molecule has 1 saturated carbocycles. The summed E-state index contributed by atoms with van der Waals surface area (Å²) < 4.78 is 25.9. The molecule has 0 N–H and O–H groups in total. The molecule has 194 valence electrons. The van der Waals surface area contributed by atoms with Gasteiger partial charge in [0.1, 0.15) is 23.8 Å². The molecule has 5 rings (SSSR count). The first-order valence-electron chi connectivity index (χ1n) is 13.4. The second-order valence-electron chi connectivity index (χ2n) is 12.0. The Labute approximate surface area is 214 Å². The largest absolute Gasteiger partial charge is 0.489 e. The number of carbonyl (C=O) groups is 1. The molecule has 2 aliphatic heterocycles. The van der Waals surface area contributed by atoms with E-state index < -0.39 is 5.60 Å². The average Bonchev–Trinajstić information content (AvgIpc) is 3.28. The second-order valence-corrected chi connectivity index (χ2v) is 12.0. The van der Waals surface area contributed by atoms with Crippen molar-refractivity contribution in [2.75, 3.05) is 26.2 Å².